The standard InChI is InChI=1S/C15H18FN3O4/c1-9(8-23-11-4-2-10(16)3-5-11)17-13(20)7-6-12-14(21)19-15(22)18-12/h2-5,9,12H,6-8H2,1H3,(H,17,20)(H2,18,19,21,22)/t9-,12-/m0/s1. The molecule has 0 aromatic heterocycles. The van der Waals surface area contributed by atoms with Crippen LogP contribution < -0.4 is 20.7 Å². The van der Waals surface area contributed by atoms with Gasteiger partial charge in [-0.05, 0) is 37.6 Å². The highest BCUT2D eigenvalue weighted by atomic mass is 19.1. The van der Waals surface area contributed by atoms with E-state index in [4.69, 9.17) is 4.74 Å². The van der Waals surface area contributed by atoms with Crippen LogP contribution >= 0.6 is 0 Å². The Balaban J connectivity index is 1.67. The number of halogens is 1. The smallest absolute Gasteiger partial charge is 0.322 e. The van der Waals surface area contributed by atoms with Gasteiger partial charge in [0.25, 0.3) is 5.91 Å². The van der Waals surface area contributed by atoms with Gasteiger partial charge >= 0.3 is 6.03 Å². The van der Waals surface area contributed by atoms with Crippen molar-refractivity contribution >= 4 is 17.8 Å². The highest BCUT2D eigenvalue weighted by Crippen LogP contribution is 2.11. The number of nitrogens with one attached hydrogen (secondary N) is 3. The molecule has 4 amide bonds. The summed E-state index contributed by atoms with van der Waals surface area (Å²) in [6, 6.07) is 4.13. The Hall–Kier alpha value is -2.64. The second-order valence-electron chi connectivity index (χ2n) is 5.29. The Morgan fingerprint density at radius 3 is 2.65 bits per heavy atom. The summed E-state index contributed by atoms with van der Waals surface area (Å²) in [5.74, 6) is -0.496. The van der Waals surface area contributed by atoms with Gasteiger partial charge in [-0.2, -0.15) is 0 Å². The number of ether oxygens (including phenoxy) is 1. The monoisotopic (exact) mass is 323 g/mol. The number of carbonyl (C=O) groups excluding carboxylic acids is 3. The first-order valence-corrected chi connectivity index (χ1v) is 7.23. The first-order valence-electron chi connectivity index (χ1n) is 7.23. The number of urea groups is 1. The average molecular weight is 323 g/mol. The van der Waals surface area contributed by atoms with Crippen LogP contribution in [0, 0.1) is 5.82 Å². The third kappa shape index (κ3) is 5.24. The third-order valence-electron chi connectivity index (χ3n) is 3.24. The molecule has 3 N–H and O–H groups in total. The van der Waals surface area contributed by atoms with Crippen LogP contribution in [-0.4, -0.2) is 36.5 Å². The molecule has 0 radical (unpaired) electrons. The maximum Gasteiger partial charge on any atom is 0.322 e. The molecule has 1 aromatic rings. The first kappa shape index (κ1) is 16.7. The van der Waals surface area contributed by atoms with E-state index in [2.05, 4.69) is 16.0 Å². The van der Waals surface area contributed by atoms with Crippen molar-refractivity contribution in [1.29, 1.82) is 0 Å². The minimum absolute atomic E-state index is 0.110. The zero-order chi connectivity index (χ0) is 16.8. The van der Waals surface area contributed by atoms with Crippen molar-refractivity contribution in [2.45, 2.75) is 31.8 Å². The lowest BCUT2D eigenvalue weighted by atomic mass is 10.1. The molecule has 2 atom stereocenters. The number of amides is 4. The minimum Gasteiger partial charge on any atom is -0.491 e. The quantitative estimate of drug-likeness (QED) is 0.644. The molecular weight excluding hydrogens is 305 g/mol. The van der Waals surface area contributed by atoms with Crippen molar-refractivity contribution in [3.63, 3.8) is 0 Å². The first-order chi connectivity index (χ1) is 10.9. The molecule has 8 heteroatoms. The van der Waals surface area contributed by atoms with E-state index in [9.17, 15) is 18.8 Å². The number of rotatable bonds is 7. The minimum atomic E-state index is -0.668. The number of hydrogen-bond donors (Lipinski definition) is 3. The molecule has 1 aliphatic rings. The lowest BCUT2D eigenvalue weighted by molar-refractivity contribution is -0.122. The van der Waals surface area contributed by atoms with Crippen LogP contribution in [-0.2, 0) is 9.59 Å². The predicted octanol–water partition coefficient (Wildman–Crippen LogP) is 0.697. The van der Waals surface area contributed by atoms with Crippen molar-refractivity contribution in [2.24, 2.45) is 0 Å². The van der Waals surface area contributed by atoms with Gasteiger partial charge < -0.3 is 15.4 Å². The predicted molar refractivity (Wildman–Crippen MR) is 79.2 cm³/mol. The highest BCUT2D eigenvalue weighted by Gasteiger charge is 2.29. The lowest BCUT2D eigenvalue weighted by Gasteiger charge is -2.15. The van der Waals surface area contributed by atoms with E-state index >= 15 is 0 Å². The van der Waals surface area contributed by atoms with E-state index in [0.717, 1.165) is 0 Å². The topological polar surface area (TPSA) is 96.5 Å². The number of benzene rings is 1. The number of carbonyl (C=O) groups is 3. The normalized spacial score (nSPS) is 18.1. The summed E-state index contributed by atoms with van der Waals surface area (Å²) >= 11 is 0. The second kappa shape index (κ2) is 7.57. The van der Waals surface area contributed by atoms with Gasteiger partial charge in [-0.25, -0.2) is 9.18 Å². The zero-order valence-electron chi connectivity index (χ0n) is 12.6. The van der Waals surface area contributed by atoms with E-state index in [0.29, 0.717) is 5.75 Å². The van der Waals surface area contributed by atoms with Gasteiger partial charge in [0.2, 0.25) is 5.91 Å². The van der Waals surface area contributed by atoms with E-state index in [-0.39, 0.29) is 37.2 Å². The second-order valence-corrected chi connectivity index (χ2v) is 5.29. The highest BCUT2D eigenvalue weighted by molar-refractivity contribution is 6.04. The van der Waals surface area contributed by atoms with Crippen LogP contribution in [0.2, 0.25) is 0 Å². The number of imide groups is 1. The Labute approximate surface area is 132 Å². The largest absolute Gasteiger partial charge is 0.491 e. The van der Waals surface area contributed by atoms with Gasteiger partial charge in [0.05, 0.1) is 6.04 Å². The molecule has 1 fully saturated rings. The fourth-order valence-electron chi connectivity index (χ4n) is 2.08. The van der Waals surface area contributed by atoms with Gasteiger partial charge in [-0.15, -0.1) is 0 Å². The van der Waals surface area contributed by atoms with E-state index in [1.54, 1.807) is 6.92 Å². The molecule has 0 saturated carbocycles. The van der Waals surface area contributed by atoms with Crippen LogP contribution in [0.15, 0.2) is 24.3 Å². The summed E-state index contributed by atoms with van der Waals surface area (Å²) in [6.45, 7) is 2.00. The third-order valence-corrected chi connectivity index (χ3v) is 3.24. The van der Waals surface area contributed by atoms with Crippen LogP contribution in [0.5, 0.6) is 5.75 Å². The molecule has 0 unspecified atom stereocenters. The summed E-state index contributed by atoms with van der Waals surface area (Å²) in [6.07, 6.45) is 0.341. The average Bonchev–Trinajstić information content (AvgIpc) is 2.82. The van der Waals surface area contributed by atoms with E-state index in [1.807, 2.05) is 0 Å². The molecular formula is C15H18FN3O4. The number of hydrogen-bond acceptors (Lipinski definition) is 4. The zero-order valence-corrected chi connectivity index (χ0v) is 12.6. The van der Waals surface area contributed by atoms with Gasteiger partial charge in [-0.1, -0.05) is 0 Å². The molecule has 23 heavy (non-hydrogen) atoms. The summed E-state index contributed by atoms with van der Waals surface area (Å²) in [4.78, 5) is 34.1. The Kier molecular flexibility index (Phi) is 5.51. The van der Waals surface area contributed by atoms with Gasteiger partial charge in [0.1, 0.15) is 24.2 Å². The van der Waals surface area contributed by atoms with Gasteiger partial charge in [0, 0.05) is 6.42 Å². The summed E-state index contributed by atoms with van der Waals surface area (Å²) in [5.41, 5.74) is 0. The van der Waals surface area contributed by atoms with Gasteiger partial charge in [0.15, 0.2) is 0 Å². The molecule has 0 aliphatic carbocycles. The van der Waals surface area contributed by atoms with Crippen LogP contribution in [0.4, 0.5) is 9.18 Å². The molecule has 1 heterocycles. The van der Waals surface area contributed by atoms with Crippen LogP contribution in [0.3, 0.4) is 0 Å². The SMILES string of the molecule is C[C@@H](COc1ccc(F)cc1)NC(=O)CC[C@@H]1NC(=O)NC1=O. The van der Waals surface area contributed by atoms with Crippen molar-refractivity contribution in [1.82, 2.24) is 16.0 Å². The van der Waals surface area contributed by atoms with Crippen molar-refractivity contribution < 1.29 is 23.5 Å². The molecule has 7 nitrogen and oxygen atoms in total. The molecule has 0 spiro atoms. The maximum absolute atomic E-state index is 12.8. The molecule has 124 valence electrons. The summed E-state index contributed by atoms with van der Waals surface area (Å²) < 4.78 is 18.2. The molecule has 1 aromatic carbocycles. The fourth-order valence-corrected chi connectivity index (χ4v) is 2.08. The molecule has 0 bridgehead atoms. The van der Waals surface area contributed by atoms with Crippen LogP contribution in [0.1, 0.15) is 19.8 Å². The van der Waals surface area contributed by atoms with E-state index < -0.39 is 18.0 Å². The Morgan fingerprint density at radius 1 is 1.35 bits per heavy atom. The molecule has 1 aliphatic heterocycles. The lowest BCUT2D eigenvalue weighted by Crippen LogP contribution is -2.38. The van der Waals surface area contributed by atoms with Crippen molar-refractivity contribution in [3.05, 3.63) is 30.1 Å². The van der Waals surface area contributed by atoms with E-state index in [1.165, 1.54) is 24.3 Å². The maximum atomic E-state index is 12.8. The molecule has 1 saturated heterocycles. The fraction of sp³-hybridized carbons (Fsp3) is 0.400. The summed E-state index contributed by atoms with van der Waals surface area (Å²) in [7, 11) is 0. The van der Waals surface area contributed by atoms with Crippen molar-refractivity contribution in [3.8, 4) is 5.75 Å². The van der Waals surface area contributed by atoms with Crippen molar-refractivity contribution in [2.75, 3.05) is 6.61 Å². The molecule has 2 rings (SSSR count). The Bertz CT molecular complexity index is 591. The van der Waals surface area contributed by atoms with Crippen LogP contribution in [0.25, 0.3) is 0 Å². The Morgan fingerprint density at radius 2 is 2.04 bits per heavy atom. The summed E-state index contributed by atoms with van der Waals surface area (Å²) in [5, 5.41) is 7.26. The van der Waals surface area contributed by atoms with Gasteiger partial charge in [-0.3, -0.25) is 14.9 Å².